The van der Waals surface area contributed by atoms with Gasteiger partial charge < -0.3 is 5.32 Å². The summed E-state index contributed by atoms with van der Waals surface area (Å²) in [5, 5.41) is 5.51. The molecule has 2 heterocycles. The molecule has 15 heavy (non-hydrogen) atoms. The van der Waals surface area contributed by atoms with Crippen molar-refractivity contribution in [3.05, 3.63) is 23.0 Å². The molecule has 1 aliphatic rings. The minimum absolute atomic E-state index is 0.741. The molecule has 3 nitrogen and oxygen atoms in total. The fraction of sp³-hybridized carbons (Fsp3) is 0.545. The third-order valence-corrected chi connectivity index (χ3v) is 3.66. The molecule has 4 heteroatoms. The van der Waals surface area contributed by atoms with Crippen molar-refractivity contribution in [1.82, 2.24) is 14.7 Å². The highest BCUT2D eigenvalue weighted by Gasteiger charge is 2.29. The topological polar surface area (TPSA) is 29.3 Å². The summed E-state index contributed by atoms with van der Waals surface area (Å²) >= 11 is 1.73. The third kappa shape index (κ3) is 1.58. The van der Waals surface area contributed by atoms with Crippen LogP contribution in [-0.2, 0) is 6.54 Å². The lowest BCUT2D eigenvalue weighted by Gasteiger charge is -2.03. The zero-order valence-electron chi connectivity index (χ0n) is 8.86. The minimum atomic E-state index is 0.741. The van der Waals surface area contributed by atoms with Crippen LogP contribution in [-0.4, -0.2) is 15.9 Å². The molecule has 0 spiro atoms. The van der Waals surface area contributed by atoms with Crippen LogP contribution in [0.3, 0.4) is 0 Å². The van der Waals surface area contributed by atoms with Crippen LogP contribution in [0.15, 0.2) is 11.6 Å². The van der Waals surface area contributed by atoms with Crippen molar-refractivity contribution in [3.8, 4) is 0 Å². The van der Waals surface area contributed by atoms with E-state index in [1.54, 1.807) is 11.3 Å². The first-order valence-electron chi connectivity index (χ1n) is 5.55. The van der Waals surface area contributed by atoms with E-state index in [2.05, 4.69) is 28.2 Å². The Bertz CT molecular complexity index is 467. The molecule has 2 aromatic rings. The number of fused-ring (bicyclic) bond motifs is 1. The molecule has 1 aliphatic carbocycles. The molecular weight excluding hydrogens is 206 g/mol. The van der Waals surface area contributed by atoms with Gasteiger partial charge in [0.25, 0.3) is 0 Å². The summed E-state index contributed by atoms with van der Waals surface area (Å²) in [4.78, 5) is 5.87. The SMILES string of the molecule is CCNCc1c(C2CC2)nc2sccn12. The molecule has 0 saturated heterocycles. The molecule has 0 amide bonds. The Morgan fingerprint density at radius 2 is 2.47 bits per heavy atom. The van der Waals surface area contributed by atoms with E-state index in [4.69, 9.17) is 4.98 Å². The molecule has 0 radical (unpaired) electrons. The van der Waals surface area contributed by atoms with Gasteiger partial charge in [-0.15, -0.1) is 11.3 Å². The first-order valence-corrected chi connectivity index (χ1v) is 6.43. The summed E-state index contributed by atoms with van der Waals surface area (Å²) in [6.07, 6.45) is 4.78. The maximum absolute atomic E-state index is 4.73. The molecule has 1 fully saturated rings. The average molecular weight is 221 g/mol. The maximum Gasteiger partial charge on any atom is 0.194 e. The number of nitrogens with one attached hydrogen (secondary N) is 1. The Balaban J connectivity index is 2.03. The smallest absolute Gasteiger partial charge is 0.194 e. The van der Waals surface area contributed by atoms with Gasteiger partial charge in [0.05, 0.1) is 11.4 Å². The van der Waals surface area contributed by atoms with E-state index in [1.165, 1.54) is 24.2 Å². The molecule has 2 aromatic heterocycles. The first kappa shape index (κ1) is 9.36. The highest BCUT2D eigenvalue weighted by Crippen LogP contribution is 2.41. The van der Waals surface area contributed by atoms with Crippen molar-refractivity contribution in [2.45, 2.75) is 32.2 Å². The van der Waals surface area contributed by atoms with Gasteiger partial charge in [-0.1, -0.05) is 6.92 Å². The van der Waals surface area contributed by atoms with Crippen molar-refractivity contribution in [2.24, 2.45) is 0 Å². The van der Waals surface area contributed by atoms with Crippen LogP contribution in [0.4, 0.5) is 0 Å². The molecule has 0 atom stereocenters. The van der Waals surface area contributed by atoms with Crippen LogP contribution in [0.5, 0.6) is 0 Å². The van der Waals surface area contributed by atoms with E-state index in [1.807, 2.05) is 0 Å². The zero-order chi connectivity index (χ0) is 10.3. The predicted molar refractivity (Wildman–Crippen MR) is 62.4 cm³/mol. The summed E-state index contributed by atoms with van der Waals surface area (Å²) in [6.45, 7) is 4.10. The number of thiazole rings is 1. The number of nitrogens with zero attached hydrogens (tertiary/aromatic N) is 2. The van der Waals surface area contributed by atoms with Gasteiger partial charge in [-0.2, -0.15) is 0 Å². The quantitative estimate of drug-likeness (QED) is 0.859. The normalized spacial score (nSPS) is 16.3. The number of hydrogen-bond acceptors (Lipinski definition) is 3. The molecule has 0 aromatic carbocycles. The second kappa shape index (κ2) is 3.61. The van der Waals surface area contributed by atoms with Crippen molar-refractivity contribution in [2.75, 3.05) is 6.54 Å². The van der Waals surface area contributed by atoms with Gasteiger partial charge in [0.1, 0.15) is 0 Å². The fourth-order valence-corrected chi connectivity index (χ4v) is 2.69. The Morgan fingerprint density at radius 1 is 1.60 bits per heavy atom. The second-order valence-corrected chi connectivity index (χ2v) is 4.93. The van der Waals surface area contributed by atoms with E-state index >= 15 is 0 Å². The van der Waals surface area contributed by atoms with Gasteiger partial charge in [-0.25, -0.2) is 4.98 Å². The van der Waals surface area contributed by atoms with Gasteiger partial charge in [0.15, 0.2) is 4.96 Å². The summed E-state index contributed by atoms with van der Waals surface area (Å²) in [7, 11) is 0. The van der Waals surface area contributed by atoms with E-state index in [0.717, 1.165) is 24.0 Å². The Kier molecular flexibility index (Phi) is 2.25. The van der Waals surface area contributed by atoms with Gasteiger partial charge in [0.2, 0.25) is 0 Å². The maximum atomic E-state index is 4.73. The van der Waals surface area contributed by atoms with Crippen molar-refractivity contribution >= 4 is 16.3 Å². The number of rotatable bonds is 4. The molecule has 3 rings (SSSR count). The highest BCUT2D eigenvalue weighted by atomic mass is 32.1. The Labute approximate surface area is 93.1 Å². The molecule has 0 bridgehead atoms. The van der Waals surface area contributed by atoms with Crippen LogP contribution in [0.25, 0.3) is 4.96 Å². The molecule has 1 N–H and O–H groups in total. The molecular formula is C11H15N3S. The molecule has 0 unspecified atom stereocenters. The van der Waals surface area contributed by atoms with Crippen molar-refractivity contribution in [3.63, 3.8) is 0 Å². The standard InChI is InChI=1S/C11H15N3S/c1-2-12-7-9-10(8-3-4-8)13-11-14(9)5-6-15-11/h5-6,8,12H,2-4,7H2,1H3. The highest BCUT2D eigenvalue weighted by molar-refractivity contribution is 7.15. The van der Waals surface area contributed by atoms with E-state index < -0.39 is 0 Å². The van der Waals surface area contributed by atoms with Gasteiger partial charge in [-0.05, 0) is 19.4 Å². The van der Waals surface area contributed by atoms with Gasteiger partial charge in [-0.3, -0.25) is 4.40 Å². The summed E-state index contributed by atoms with van der Waals surface area (Å²) in [6, 6.07) is 0. The zero-order valence-corrected chi connectivity index (χ0v) is 9.68. The lowest BCUT2D eigenvalue weighted by molar-refractivity contribution is 0.698. The van der Waals surface area contributed by atoms with Crippen LogP contribution in [0.1, 0.15) is 37.1 Å². The van der Waals surface area contributed by atoms with Crippen LogP contribution in [0.2, 0.25) is 0 Å². The predicted octanol–water partition coefficient (Wildman–Crippen LogP) is 2.38. The summed E-state index contributed by atoms with van der Waals surface area (Å²) in [5.41, 5.74) is 2.71. The first-order chi connectivity index (χ1) is 7.40. The summed E-state index contributed by atoms with van der Waals surface area (Å²) in [5.74, 6) is 0.741. The second-order valence-electron chi connectivity index (χ2n) is 4.05. The van der Waals surface area contributed by atoms with Gasteiger partial charge in [0, 0.05) is 24.0 Å². The van der Waals surface area contributed by atoms with E-state index in [-0.39, 0.29) is 0 Å². The van der Waals surface area contributed by atoms with E-state index in [0.29, 0.717) is 0 Å². The molecule has 80 valence electrons. The molecule has 1 saturated carbocycles. The van der Waals surface area contributed by atoms with Crippen LogP contribution in [0, 0.1) is 0 Å². The number of aromatic nitrogens is 2. The summed E-state index contributed by atoms with van der Waals surface area (Å²) < 4.78 is 2.24. The molecule has 0 aliphatic heterocycles. The van der Waals surface area contributed by atoms with E-state index in [9.17, 15) is 0 Å². The van der Waals surface area contributed by atoms with Gasteiger partial charge >= 0.3 is 0 Å². The third-order valence-electron chi connectivity index (χ3n) is 2.90. The Hall–Kier alpha value is -0.870. The average Bonchev–Trinajstić information content (AvgIpc) is 2.88. The number of imidazole rings is 1. The monoisotopic (exact) mass is 221 g/mol. The largest absolute Gasteiger partial charge is 0.311 e. The van der Waals surface area contributed by atoms with Crippen molar-refractivity contribution < 1.29 is 0 Å². The van der Waals surface area contributed by atoms with Crippen molar-refractivity contribution in [1.29, 1.82) is 0 Å². The van der Waals surface area contributed by atoms with Crippen LogP contribution < -0.4 is 5.32 Å². The fourth-order valence-electron chi connectivity index (χ4n) is 1.95. The number of hydrogen-bond donors (Lipinski definition) is 1. The lowest BCUT2D eigenvalue weighted by Crippen LogP contribution is -2.14. The lowest BCUT2D eigenvalue weighted by atomic mass is 10.2. The Morgan fingerprint density at radius 3 is 3.20 bits per heavy atom. The van der Waals surface area contributed by atoms with Crippen LogP contribution >= 0.6 is 11.3 Å². The minimum Gasteiger partial charge on any atom is -0.311 e.